The second kappa shape index (κ2) is 9.97. The van der Waals surface area contributed by atoms with E-state index in [2.05, 4.69) is 15.5 Å². The summed E-state index contributed by atoms with van der Waals surface area (Å²) in [6.45, 7) is 2.38. The quantitative estimate of drug-likeness (QED) is 0.348. The number of benzene rings is 3. The minimum atomic E-state index is -0.314. The van der Waals surface area contributed by atoms with Crippen LogP contribution in [-0.4, -0.2) is 26.4 Å². The number of thioether (sulfide) groups is 1. The molecule has 0 unspecified atom stereocenters. The average Bonchev–Trinajstić information content (AvgIpc) is 3.19. The van der Waals surface area contributed by atoms with Gasteiger partial charge < -0.3 is 5.32 Å². The Labute approximate surface area is 194 Å². The highest BCUT2D eigenvalue weighted by Crippen LogP contribution is 2.27. The van der Waals surface area contributed by atoms with Gasteiger partial charge in [-0.25, -0.2) is 4.39 Å². The van der Waals surface area contributed by atoms with E-state index in [-0.39, 0.29) is 17.5 Å². The normalized spacial score (nSPS) is 10.8. The summed E-state index contributed by atoms with van der Waals surface area (Å²) in [5.41, 5.74) is 3.32. The monoisotopic (exact) mass is 466 g/mol. The van der Waals surface area contributed by atoms with Gasteiger partial charge in [-0.15, -0.1) is 10.2 Å². The van der Waals surface area contributed by atoms with Crippen LogP contribution in [0.25, 0.3) is 11.4 Å². The highest BCUT2D eigenvalue weighted by atomic mass is 35.5. The SMILES string of the molecule is Cc1c(Cl)cccc1NC(=O)CSc1nnc(-c2ccc(F)cc2)n1Cc1ccccc1. The predicted molar refractivity (Wildman–Crippen MR) is 127 cm³/mol. The highest BCUT2D eigenvalue weighted by Gasteiger charge is 2.17. The van der Waals surface area contributed by atoms with Crippen molar-refractivity contribution in [1.82, 2.24) is 14.8 Å². The van der Waals surface area contributed by atoms with Crippen LogP contribution in [0.5, 0.6) is 0 Å². The molecule has 4 aromatic rings. The van der Waals surface area contributed by atoms with Crippen molar-refractivity contribution in [1.29, 1.82) is 0 Å². The molecule has 0 saturated carbocycles. The van der Waals surface area contributed by atoms with E-state index in [0.717, 1.165) is 16.7 Å². The fourth-order valence-corrected chi connectivity index (χ4v) is 4.09. The molecular formula is C24H20ClFN4OS. The van der Waals surface area contributed by atoms with E-state index in [1.165, 1.54) is 23.9 Å². The number of halogens is 2. The molecule has 0 radical (unpaired) electrons. The third kappa shape index (κ3) is 5.18. The molecule has 3 aromatic carbocycles. The zero-order chi connectivity index (χ0) is 22.5. The first-order chi connectivity index (χ1) is 15.5. The minimum Gasteiger partial charge on any atom is -0.325 e. The number of hydrogen-bond acceptors (Lipinski definition) is 4. The number of amides is 1. The Bertz CT molecular complexity index is 1230. The molecule has 4 rings (SSSR count). The molecule has 0 saturated heterocycles. The largest absolute Gasteiger partial charge is 0.325 e. The summed E-state index contributed by atoms with van der Waals surface area (Å²) < 4.78 is 15.3. The molecule has 1 heterocycles. The lowest BCUT2D eigenvalue weighted by atomic mass is 10.2. The summed E-state index contributed by atoms with van der Waals surface area (Å²) in [7, 11) is 0. The van der Waals surface area contributed by atoms with Crippen LogP contribution in [-0.2, 0) is 11.3 Å². The van der Waals surface area contributed by atoms with Crippen molar-refractivity contribution in [2.45, 2.75) is 18.6 Å². The third-order valence-corrected chi connectivity index (χ3v) is 6.25. The van der Waals surface area contributed by atoms with Crippen LogP contribution in [0, 0.1) is 12.7 Å². The van der Waals surface area contributed by atoms with Crippen LogP contribution in [0.1, 0.15) is 11.1 Å². The second-order valence-corrected chi connectivity index (χ2v) is 8.48. The first-order valence-electron chi connectivity index (χ1n) is 9.92. The topological polar surface area (TPSA) is 59.8 Å². The Kier molecular flexibility index (Phi) is 6.87. The summed E-state index contributed by atoms with van der Waals surface area (Å²) in [6, 6.07) is 21.4. The maximum absolute atomic E-state index is 13.4. The van der Waals surface area contributed by atoms with E-state index in [0.29, 0.717) is 28.2 Å². The van der Waals surface area contributed by atoms with E-state index < -0.39 is 0 Å². The van der Waals surface area contributed by atoms with Gasteiger partial charge in [-0.2, -0.15) is 0 Å². The van der Waals surface area contributed by atoms with Gasteiger partial charge in [0.15, 0.2) is 11.0 Å². The minimum absolute atomic E-state index is 0.155. The van der Waals surface area contributed by atoms with E-state index in [1.54, 1.807) is 24.3 Å². The van der Waals surface area contributed by atoms with E-state index >= 15 is 0 Å². The van der Waals surface area contributed by atoms with Crippen molar-refractivity contribution in [2.24, 2.45) is 0 Å². The smallest absolute Gasteiger partial charge is 0.234 e. The Morgan fingerprint density at radius 1 is 1.03 bits per heavy atom. The summed E-state index contributed by atoms with van der Waals surface area (Å²) in [4.78, 5) is 12.6. The van der Waals surface area contributed by atoms with Gasteiger partial charge in [0.25, 0.3) is 0 Å². The Balaban J connectivity index is 1.55. The molecule has 0 aliphatic carbocycles. The van der Waals surface area contributed by atoms with Gasteiger partial charge >= 0.3 is 0 Å². The Hall–Kier alpha value is -3.16. The van der Waals surface area contributed by atoms with Gasteiger partial charge in [0.2, 0.25) is 5.91 Å². The summed E-state index contributed by atoms with van der Waals surface area (Å²) in [5.74, 6) is 0.285. The molecule has 0 bridgehead atoms. The molecule has 1 aromatic heterocycles. The Morgan fingerprint density at radius 3 is 2.53 bits per heavy atom. The highest BCUT2D eigenvalue weighted by molar-refractivity contribution is 7.99. The molecule has 8 heteroatoms. The second-order valence-electron chi connectivity index (χ2n) is 7.13. The number of carbonyl (C=O) groups is 1. The van der Waals surface area contributed by atoms with Crippen LogP contribution in [0.4, 0.5) is 10.1 Å². The maximum Gasteiger partial charge on any atom is 0.234 e. The van der Waals surface area contributed by atoms with Crippen molar-refractivity contribution in [2.75, 3.05) is 11.1 Å². The maximum atomic E-state index is 13.4. The molecule has 0 aliphatic heterocycles. The average molecular weight is 467 g/mol. The van der Waals surface area contributed by atoms with Gasteiger partial charge in [0, 0.05) is 16.3 Å². The molecular weight excluding hydrogens is 447 g/mol. The Morgan fingerprint density at radius 2 is 1.78 bits per heavy atom. The number of anilines is 1. The van der Waals surface area contributed by atoms with Crippen LogP contribution in [0.15, 0.2) is 78.0 Å². The van der Waals surface area contributed by atoms with Crippen LogP contribution < -0.4 is 5.32 Å². The van der Waals surface area contributed by atoms with Gasteiger partial charge in [-0.05, 0) is 54.4 Å². The fourth-order valence-electron chi connectivity index (χ4n) is 3.18. The molecule has 32 heavy (non-hydrogen) atoms. The van der Waals surface area contributed by atoms with E-state index in [4.69, 9.17) is 11.6 Å². The lowest BCUT2D eigenvalue weighted by molar-refractivity contribution is -0.113. The van der Waals surface area contributed by atoms with Crippen molar-refractivity contribution >= 4 is 35.0 Å². The van der Waals surface area contributed by atoms with Crippen LogP contribution >= 0.6 is 23.4 Å². The van der Waals surface area contributed by atoms with Crippen molar-refractivity contribution in [3.8, 4) is 11.4 Å². The zero-order valence-corrected chi connectivity index (χ0v) is 18.8. The van der Waals surface area contributed by atoms with Crippen LogP contribution in [0.2, 0.25) is 5.02 Å². The molecule has 1 amide bonds. The lowest BCUT2D eigenvalue weighted by Crippen LogP contribution is -2.15. The fraction of sp³-hybridized carbons (Fsp3) is 0.125. The molecule has 0 atom stereocenters. The van der Waals surface area contributed by atoms with Crippen molar-refractivity contribution in [3.05, 3.63) is 94.8 Å². The summed E-state index contributed by atoms with van der Waals surface area (Å²) >= 11 is 7.43. The standard InChI is InChI=1S/C24H20ClFN4OS/c1-16-20(25)8-5-9-21(16)27-22(31)15-32-24-29-28-23(18-10-12-19(26)13-11-18)30(24)14-17-6-3-2-4-7-17/h2-13H,14-15H2,1H3,(H,27,31). The van der Waals surface area contributed by atoms with Gasteiger partial charge in [0.1, 0.15) is 5.82 Å². The molecule has 162 valence electrons. The van der Waals surface area contributed by atoms with Crippen molar-refractivity contribution in [3.63, 3.8) is 0 Å². The van der Waals surface area contributed by atoms with Gasteiger partial charge in [0.05, 0.1) is 12.3 Å². The van der Waals surface area contributed by atoms with Gasteiger partial charge in [-0.1, -0.05) is 59.8 Å². The predicted octanol–water partition coefficient (Wildman–Crippen LogP) is 5.83. The molecule has 0 fully saturated rings. The first-order valence-corrected chi connectivity index (χ1v) is 11.3. The zero-order valence-electron chi connectivity index (χ0n) is 17.3. The van der Waals surface area contributed by atoms with Gasteiger partial charge in [-0.3, -0.25) is 9.36 Å². The molecule has 0 aliphatic rings. The first kappa shape index (κ1) is 22.0. The summed E-state index contributed by atoms with van der Waals surface area (Å²) in [6.07, 6.45) is 0. The molecule has 1 N–H and O–H groups in total. The number of hydrogen-bond donors (Lipinski definition) is 1. The molecule has 0 spiro atoms. The van der Waals surface area contributed by atoms with Crippen LogP contribution in [0.3, 0.4) is 0 Å². The number of carbonyl (C=O) groups excluding carboxylic acids is 1. The third-order valence-electron chi connectivity index (χ3n) is 4.88. The van der Waals surface area contributed by atoms with E-state index in [1.807, 2.05) is 47.9 Å². The lowest BCUT2D eigenvalue weighted by Gasteiger charge is -2.11. The number of nitrogens with zero attached hydrogens (tertiary/aromatic N) is 3. The number of rotatable bonds is 7. The molecule has 5 nitrogen and oxygen atoms in total. The number of nitrogens with one attached hydrogen (secondary N) is 1. The van der Waals surface area contributed by atoms with E-state index in [9.17, 15) is 9.18 Å². The number of aromatic nitrogens is 3. The van der Waals surface area contributed by atoms with Crippen molar-refractivity contribution < 1.29 is 9.18 Å². The summed E-state index contributed by atoms with van der Waals surface area (Å²) in [5, 5.41) is 12.7.